The van der Waals surface area contributed by atoms with E-state index in [1.165, 1.54) is 15.6 Å². The SMILES string of the molecule is CCN(Cc1nc2ccccc2c(=O)[nH]1)C(=O)C1CCN(S(=O)(=O)c2cccs2)CC1. The monoisotopic (exact) mass is 460 g/mol. The largest absolute Gasteiger partial charge is 0.335 e. The number of carbonyl (C=O) groups excluding carboxylic acids is 1. The van der Waals surface area contributed by atoms with Gasteiger partial charge in [-0.3, -0.25) is 9.59 Å². The van der Waals surface area contributed by atoms with Crippen LogP contribution in [0, 0.1) is 5.92 Å². The molecule has 1 saturated heterocycles. The maximum Gasteiger partial charge on any atom is 0.258 e. The molecule has 1 aromatic carbocycles. The van der Waals surface area contributed by atoms with E-state index in [1.54, 1.807) is 40.6 Å². The molecule has 0 saturated carbocycles. The minimum atomic E-state index is -3.49. The Morgan fingerprint density at radius 1 is 1.23 bits per heavy atom. The number of rotatable bonds is 6. The summed E-state index contributed by atoms with van der Waals surface area (Å²) < 4.78 is 27.2. The summed E-state index contributed by atoms with van der Waals surface area (Å²) in [5, 5.41) is 2.26. The molecule has 0 radical (unpaired) electrons. The van der Waals surface area contributed by atoms with Crippen molar-refractivity contribution in [2.75, 3.05) is 19.6 Å². The van der Waals surface area contributed by atoms with Crippen LogP contribution >= 0.6 is 11.3 Å². The highest BCUT2D eigenvalue weighted by Gasteiger charge is 2.34. The lowest BCUT2D eigenvalue weighted by atomic mass is 9.96. The summed E-state index contributed by atoms with van der Waals surface area (Å²) in [7, 11) is -3.49. The van der Waals surface area contributed by atoms with Gasteiger partial charge in [0.1, 0.15) is 10.0 Å². The standard InChI is InChI=1S/C21H24N4O4S2/c1-2-24(14-18-22-17-7-4-3-6-16(17)20(26)23-18)21(27)15-9-11-25(12-10-15)31(28,29)19-8-5-13-30-19/h3-8,13,15H,2,9-12,14H2,1H3,(H,22,23,26). The minimum absolute atomic E-state index is 0.0357. The van der Waals surface area contributed by atoms with Gasteiger partial charge in [0, 0.05) is 25.6 Å². The topological polar surface area (TPSA) is 103 Å². The van der Waals surface area contributed by atoms with Gasteiger partial charge < -0.3 is 9.88 Å². The number of piperidine rings is 1. The number of nitrogens with one attached hydrogen (secondary N) is 1. The van der Waals surface area contributed by atoms with Crippen LogP contribution in [0.3, 0.4) is 0 Å². The molecule has 8 nitrogen and oxygen atoms in total. The molecule has 0 spiro atoms. The quantitative estimate of drug-likeness (QED) is 0.609. The highest BCUT2D eigenvalue weighted by molar-refractivity contribution is 7.91. The molecular formula is C21H24N4O4S2. The first-order valence-electron chi connectivity index (χ1n) is 10.2. The van der Waals surface area contributed by atoms with Crippen molar-refractivity contribution >= 4 is 38.2 Å². The van der Waals surface area contributed by atoms with Gasteiger partial charge in [-0.25, -0.2) is 13.4 Å². The molecule has 3 aromatic rings. The second-order valence-corrected chi connectivity index (χ2v) is 10.6. The van der Waals surface area contributed by atoms with E-state index >= 15 is 0 Å². The Morgan fingerprint density at radius 2 is 1.97 bits per heavy atom. The van der Waals surface area contributed by atoms with Crippen LogP contribution in [0.2, 0.25) is 0 Å². The summed E-state index contributed by atoms with van der Waals surface area (Å²) in [5.41, 5.74) is 0.369. The smallest absolute Gasteiger partial charge is 0.258 e. The number of nitrogens with zero attached hydrogens (tertiary/aromatic N) is 3. The minimum Gasteiger partial charge on any atom is -0.335 e. The van der Waals surface area contributed by atoms with E-state index in [2.05, 4.69) is 9.97 Å². The van der Waals surface area contributed by atoms with Crippen molar-refractivity contribution in [1.82, 2.24) is 19.2 Å². The molecule has 1 amide bonds. The highest BCUT2D eigenvalue weighted by atomic mass is 32.2. The molecule has 4 rings (SSSR count). The van der Waals surface area contributed by atoms with Crippen molar-refractivity contribution < 1.29 is 13.2 Å². The summed E-state index contributed by atoms with van der Waals surface area (Å²) in [5.74, 6) is 0.157. The van der Waals surface area contributed by atoms with Crippen molar-refractivity contribution in [2.24, 2.45) is 5.92 Å². The fourth-order valence-electron chi connectivity index (χ4n) is 3.87. The molecular weight excluding hydrogens is 436 g/mol. The third-order valence-electron chi connectivity index (χ3n) is 5.59. The number of aromatic nitrogens is 2. The van der Waals surface area contributed by atoms with Crippen LogP contribution < -0.4 is 5.56 Å². The van der Waals surface area contributed by atoms with E-state index in [1.807, 2.05) is 13.0 Å². The molecule has 1 N–H and O–H groups in total. The predicted octanol–water partition coefficient (Wildman–Crippen LogP) is 2.43. The summed E-state index contributed by atoms with van der Waals surface area (Å²) in [6.07, 6.45) is 0.948. The fourth-order valence-corrected chi connectivity index (χ4v) is 6.49. The number of hydrogen-bond donors (Lipinski definition) is 1. The molecule has 2 aromatic heterocycles. The Balaban J connectivity index is 1.44. The van der Waals surface area contributed by atoms with Crippen LogP contribution in [0.5, 0.6) is 0 Å². The van der Waals surface area contributed by atoms with Gasteiger partial charge in [-0.15, -0.1) is 11.3 Å². The first-order chi connectivity index (χ1) is 14.9. The third-order valence-corrected chi connectivity index (χ3v) is 8.86. The normalized spacial score (nSPS) is 15.9. The van der Waals surface area contributed by atoms with Crippen molar-refractivity contribution in [1.29, 1.82) is 0 Å². The molecule has 1 aliphatic heterocycles. The first kappa shape index (κ1) is 21.7. The second-order valence-electron chi connectivity index (χ2n) is 7.49. The Hall–Kier alpha value is -2.56. The predicted molar refractivity (Wildman–Crippen MR) is 119 cm³/mol. The number of thiophene rings is 1. The van der Waals surface area contributed by atoms with Gasteiger partial charge in [0.15, 0.2) is 0 Å². The van der Waals surface area contributed by atoms with E-state index in [-0.39, 0.29) is 23.9 Å². The van der Waals surface area contributed by atoms with Crippen LogP contribution in [-0.2, 0) is 21.4 Å². The van der Waals surface area contributed by atoms with Crippen LogP contribution in [0.15, 0.2) is 50.8 Å². The van der Waals surface area contributed by atoms with Gasteiger partial charge in [-0.05, 0) is 43.3 Å². The lowest BCUT2D eigenvalue weighted by molar-refractivity contribution is -0.137. The average molecular weight is 461 g/mol. The molecule has 0 bridgehead atoms. The number of hydrogen-bond acceptors (Lipinski definition) is 6. The van der Waals surface area contributed by atoms with E-state index in [4.69, 9.17) is 0 Å². The molecule has 0 aliphatic carbocycles. The van der Waals surface area contributed by atoms with Crippen molar-refractivity contribution in [3.05, 3.63) is 58.0 Å². The first-order valence-corrected chi connectivity index (χ1v) is 12.5. The average Bonchev–Trinajstić information content (AvgIpc) is 3.33. The summed E-state index contributed by atoms with van der Waals surface area (Å²) in [6.45, 7) is 3.21. The molecule has 164 valence electrons. The van der Waals surface area contributed by atoms with Crippen molar-refractivity contribution in [3.63, 3.8) is 0 Å². The van der Waals surface area contributed by atoms with Gasteiger partial charge in [0.25, 0.3) is 15.6 Å². The number of carbonyl (C=O) groups is 1. The lowest BCUT2D eigenvalue weighted by Gasteiger charge is -2.33. The summed E-state index contributed by atoms with van der Waals surface area (Å²) in [4.78, 5) is 34.3. The maximum atomic E-state index is 13.1. The van der Waals surface area contributed by atoms with E-state index in [9.17, 15) is 18.0 Å². The molecule has 10 heteroatoms. The number of amides is 1. The molecule has 31 heavy (non-hydrogen) atoms. The molecule has 0 atom stereocenters. The number of sulfonamides is 1. The van der Waals surface area contributed by atoms with Crippen LogP contribution in [-0.4, -0.2) is 53.1 Å². The lowest BCUT2D eigenvalue weighted by Crippen LogP contribution is -2.44. The fraction of sp³-hybridized carbons (Fsp3) is 0.381. The molecule has 3 heterocycles. The summed E-state index contributed by atoms with van der Waals surface area (Å²) >= 11 is 1.20. The highest BCUT2D eigenvalue weighted by Crippen LogP contribution is 2.27. The van der Waals surface area contributed by atoms with E-state index in [0.717, 1.165) is 0 Å². The van der Waals surface area contributed by atoms with Crippen LogP contribution in [0.4, 0.5) is 0 Å². The Morgan fingerprint density at radius 3 is 2.65 bits per heavy atom. The number of H-pyrrole nitrogens is 1. The molecule has 1 fully saturated rings. The van der Waals surface area contributed by atoms with Gasteiger partial charge in [0.2, 0.25) is 5.91 Å². The number of fused-ring (bicyclic) bond motifs is 1. The number of para-hydroxylation sites is 1. The Bertz CT molecular complexity index is 1230. The van der Waals surface area contributed by atoms with Gasteiger partial charge in [-0.1, -0.05) is 18.2 Å². The van der Waals surface area contributed by atoms with Crippen LogP contribution in [0.1, 0.15) is 25.6 Å². The van der Waals surface area contributed by atoms with Crippen molar-refractivity contribution in [3.8, 4) is 0 Å². The third kappa shape index (κ3) is 4.41. The van der Waals surface area contributed by atoms with Gasteiger partial charge in [-0.2, -0.15) is 4.31 Å². The second kappa shape index (κ2) is 8.89. The van der Waals surface area contributed by atoms with Crippen LogP contribution in [0.25, 0.3) is 10.9 Å². The van der Waals surface area contributed by atoms with Gasteiger partial charge in [0.05, 0.1) is 17.4 Å². The van der Waals surface area contributed by atoms with E-state index < -0.39 is 10.0 Å². The van der Waals surface area contributed by atoms with E-state index in [0.29, 0.717) is 53.4 Å². The molecule has 0 unspecified atom stereocenters. The molecule has 1 aliphatic rings. The van der Waals surface area contributed by atoms with Crippen molar-refractivity contribution in [2.45, 2.75) is 30.5 Å². The Labute approximate surface area is 184 Å². The van der Waals surface area contributed by atoms with Gasteiger partial charge >= 0.3 is 0 Å². The number of benzene rings is 1. The Kier molecular flexibility index (Phi) is 6.22. The zero-order chi connectivity index (χ0) is 22.0. The zero-order valence-electron chi connectivity index (χ0n) is 17.2. The summed E-state index contributed by atoms with van der Waals surface area (Å²) in [6, 6.07) is 10.4. The maximum absolute atomic E-state index is 13.1. The number of aromatic amines is 1. The zero-order valence-corrected chi connectivity index (χ0v) is 18.8.